The highest BCUT2D eigenvalue weighted by Crippen LogP contribution is 2.26. The van der Waals surface area contributed by atoms with E-state index in [2.05, 4.69) is 18.9 Å². The first-order chi connectivity index (χ1) is 7.06. The van der Waals surface area contributed by atoms with Gasteiger partial charge in [-0.15, -0.1) is 0 Å². The van der Waals surface area contributed by atoms with E-state index in [-0.39, 0.29) is 0 Å². The number of hydrogen-bond donors (Lipinski definition) is 1. The Balaban J connectivity index is 2.71. The smallest absolute Gasteiger partial charge is 0.106 e. The summed E-state index contributed by atoms with van der Waals surface area (Å²) in [6.45, 7) is 6.92. The van der Waals surface area contributed by atoms with Gasteiger partial charge in [0.05, 0.1) is 16.9 Å². The van der Waals surface area contributed by atoms with Gasteiger partial charge in [0, 0.05) is 12.3 Å². The lowest BCUT2D eigenvalue weighted by Gasteiger charge is -2.14. The molecule has 0 aliphatic rings. The number of rotatable bonds is 5. The summed E-state index contributed by atoms with van der Waals surface area (Å²) in [5.41, 5.74) is 0.729. The third-order valence-electron chi connectivity index (χ3n) is 2.04. The van der Waals surface area contributed by atoms with Gasteiger partial charge in [-0.25, -0.2) is 0 Å². The number of aliphatic hydroxyl groups excluding tert-OH is 1. The molecular weight excluding hydrogens is 232 g/mol. The molecule has 1 unspecified atom stereocenters. The van der Waals surface area contributed by atoms with Gasteiger partial charge in [-0.2, -0.15) is 16.9 Å². The highest BCUT2D eigenvalue weighted by molar-refractivity contribution is 7.99. The highest BCUT2D eigenvalue weighted by Gasteiger charge is 2.17. The van der Waals surface area contributed by atoms with Crippen LogP contribution in [0.2, 0.25) is 5.02 Å². The predicted octanol–water partition coefficient (Wildman–Crippen LogP) is 2.73. The van der Waals surface area contributed by atoms with E-state index in [0.29, 0.717) is 16.0 Å². The van der Waals surface area contributed by atoms with Crippen LogP contribution in [0.25, 0.3) is 0 Å². The van der Waals surface area contributed by atoms with Crippen molar-refractivity contribution in [3.8, 4) is 0 Å². The number of aryl methyl sites for hydroxylation is 1. The van der Waals surface area contributed by atoms with Crippen LogP contribution < -0.4 is 0 Å². The Morgan fingerprint density at radius 3 is 2.80 bits per heavy atom. The SMILES string of the molecule is CCn1ncc(Cl)c1C(O)CSC(C)C. The molecule has 1 N–H and O–H groups in total. The Kier molecular flexibility index (Phi) is 4.96. The van der Waals surface area contributed by atoms with Gasteiger partial charge >= 0.3 is 0 Å². The number of aromatic nitrogens is 2. The van der Waals surface area contributed by atoms with Crippen molar-refractivity contribution in [2.24, 2.45) is 0 Å². The van der Waals surface area contributed by atoms with Crippen LogP contribution in [0, 0.1) is 0 Å². The average Bonchev–Trinajstić information content (AvgIpc) is 2.56. The van der Waals surface area contributed by atoms with Crippen molar-refractivity contribution < 1.29 is 5.11 Å². The molecular formula is C10H17ClN2OS. The van der Waals surface area contributed by atoms with Crippen molar-refractivity contribution in [3.63, 3.8) is 0 Å². The molecule has 1 atom stereocenters. The van der Waals surface area contributed by atoms with Gasteiger partial charge < -0.3 is 5.11 Å². The summed E-state index contributed by atoms with van der Waals surface area (Å²) in [4.78, 5) is 0. The standard InChI is InChI=1S/C10H17ClN2OS/c1-4-13-10(8(11)5-12-13)9(14)6-15-7(2)3/h5,7,9,14H,4,6H2,1-3H3. The average molecular weight is 249 g/mol. The molecule has 0 saturated heterocycles. The first kappa shape index (κ1) is 12.9. The van der Waals surface area contributed by atoms with Gasteiger partial charge in [0.25, 0.3) is 0 Å². The fourth-order valence-corrected chi connectivity index (χ4v) is 2.31. The lowest BCUT2D eigenvalue weighted by molar-refractivity contribution is 0.192. The van der Waals surface area contributed by atoms with Crippen molar-refractivity contribution in [1.82, 2.24) is 9.78 Å². The van der Waals surface area contributed by atoms with Crippen molar-refractivity contribution in [1.29, 1.82) is 0 Å². The Bertz CT molecular complexity index is 314. The van der Waals surface area contributed by atoms with Crippen molar-refractivity contribution in [2.45, 2.75) is 38.7 Å². The Hall–Kier alpha value is -0.190. The molecule has 15 heavy (non-hydrogen) atoms. The minimum atomic E-state index is -0.535. The lowest BCUT2D eigenvalue weighted by atomic mass is 10.3. The minimum Gasteiger partial charge on any atom is -0.386 e. The largest absolute Gasteiger partial charge is 0.386 e. The van der Waals surface area contributed by atoms with Gasteiger partial charge in [-0.05, 0) is 12.2 Å². The third kappa shape index (κ3) is 3.40. The van der Waals surface area contributed by atoms with E-state index in [9.17, 15) is 5.11 Å². The summed E-state index contributed by atoms with van der Waals surface area (Å²) in [6.07, 6.45) is 1.05. The summed E-state index contributed by atoms with van der Waals surface area (Å²) in [5, 5.41) is 15.1. The van der Waals surface area contributed by atoms with E-state index < -0.39 is 6.10 Å². The molecule has 0 amide bonds. The molecule has 0 aromatic carbocycles. The molecule has 1 rings (SSSR count). The van der Waals surface area contributed by atoms with E-state index in [4.69, 9.17) is 11.6 Å². The quantitative estimate of drug-likeness (QED) is 0.871. The number of aliphatic hydroxyl groups is 1. The first-order valence-corrected chi connectivity index (χ1v) is 6.49. The molecule has 1 aromatic rings. The van der Waals surface area contributed by atoms with Crippen LogP contribution in [0.15, 0.2) is 6.20 Å². The van der Waals surface area contributed by atoms with Crippen LogP contribution in [0.4, 0.5) is 0 Å². The van der Waals surface area contributed by atoms with Gasteiger partial charge in [-0.3, -0.25) is 4.68 Å². The topological polar surface area (TPSA) is 38.0 Å². The number of hydrogen-bond acceptors (Lipinski definition) is 3. The summed E-state index contributed by atoms with van der Waals surface area (Å²) in [5.74, 6) is 0.656. The number of nitrogens with zero attached hydrogens (tertiary/aromatic N) is 2. The van der Waals surface area contributed by atoms with E-state index in [1.165, 1.54) is 0 Å². The van der Waals surface area contributed by atoms with E-state index in [1.54, 1.807) is 22.6 Å². The van der Waals surface area contributed by atoms with Crippen molar-refractivity contribution in [3.05, 3.63) is 16.9 Å². The Morgan fingerprint density at radius 1 is 1.60 bits per heavy atom. The lowest BCUT2D eigenvalue weighted by Crippen LogP contribution is -2.11. The molecule has 3 nitrogen and oxygen atoms in total. The maximum Gasteiger partial charge on any atom is 0.106 e. The zero-order chi connectivity index (χ0) is 11.4. The maximum absolute atomic E-state index is 9.98. The molecule has 5 heteroatoms. The van der Waals surface area contributed by atoms with Crippen molar-refractivity contribution >= 4 is 23.4 Å². The van der Waals surface area contributed by atoms with Crippen LogP contribution in [-0.4, -0.2) is 25.9 Å². The zero-order valence-electron chi connectivity index (χ0n) is 9.27. The zero-order valence-corrected chi connectivity index (χ0v) is 10.8. The molecule has 0 aliphatic carbocycles. The van der Waals surface area contributed by atoms with Crippen LogP contribution in [0.1, 0.15) is 32.6 Å². The summed E-state index contributed by atoms with van der Waals surface area (Å²) < 4.78 is 1.74. The molecule has 86 valence electrons. The molecule has 0 bridgehead atoms. The Labute approximate surface area is 99.8 Å². The minimum absolute atomic E-state index is 0.511. The molecule has 0 radical (unpaired) electrons. The van der Waals surface area contributed by atoms with E-state index in [1.807, 2.05) is 6.92 Å². The molecule has 0 aliphatic heterocycles. The second-order valence-corrected chi connectivity index (χ2v) is 5.61. The van der Waals surface area contributed by atoms with Crippen LogP contribution in [-0.2, 0) is 6.54 Å². The maximum atomic E-state index is 9.98. The fourth-order valence-electron chi connectivity index (χ4n) is 1.32. The summed E-state index contributed by atoms with van der Waals surface area (Å²) in [6, 6.07) is 0. The predicted molar refractivity (Wildman–Crippen MR) is 65.5 cm³/mol. The van der Waals surface area contributed by atoms with Crippen molar-refractivity contribution in [2.75, 3.05) is 5.75 Å². The number of halogens is 1. The van der Waals surface area contributed by atoms with Crippen LogP contribution in [0.5, 0.6) is 0 Å². The second-order valence-electron chi connectivity index (χ2n) is 3.59. The summed E-state index contributed by atoms with van der Waals surface area (Å²) >= 11 is 7.70. The second kappa shape index (κ2) is 5.77. The Morgan fingerprint density at radius 2 is 2.27 bits per heavy atom. The number of thioether (sulfide) groups is 1. The van der Waals surface area contributed by atoms with Gasteiger partial charge in [0.15, 0.2) is 0 Å². The third-order valence-corrected chi connectivity index (χ3v) is 3.50. The molecule has 1 heterocycles. The fraction of sp³-hybridized carbons (Fsp3) is 0.700. The van der Waals surface area contributed by atoms with Crippen LogP contribution >= 0.6 is 23.4 Å². The van der Waals surface area contributed by atoms with Gasteiger partial charge in [0.1, 0.15) is 6.10 Å². The molecule has 1 aromatic heterocycles. The van der Waals surface area contributed by atoms with E-state index in [0.717, 1.165) is 12.2 Å². The monoisotopic (exact) mass is 248 g/mol. The van der Waals surface area contributed by atoms with Gasteiger partial charge in [-0.1, -0.05) is 25.4 Å². The highest BCUT2D eigenvalue weighted by atomic mass is 35.5. The molecule has 0 fully saturated rings. The van der Waals surface area contributed by atoms with E-state index >= 15 is 0 Å². The van der Waals surface area contributed by atoms with Gasteiger partial charge in [0.2, 0.25) is 0 Å². The first-order valence-electron chi connectivity index (χ1n) is 5.07. The summed E-state index contributed by atoms with van der Waals surface area (Å²) in [7, 11) is 0. The van der Waals surface area contributed by atoms with Crippen LogP contribution in [0.3, 0.4) is 0 Å². The molecule has 0 saturated carbocycles. The molecule has 0 spiro atoms. The normalized spacial score (nSPS) is 13.5.